The summed E-state index contributed by atoms with van der Waals surface area (Å²) < 4.78 is 34.6. The number of aromatic hydroxyl groups is 1. The number of fused-ring (bicyclic) bond motifs is 2. The number of aromatic nitrogens is 3. The van der Waals surface area contributed by atoms with Crippen LogP contribution in [0.2, 0.25) is 0 Å². The van der Waals surface area contributed by atoms with E-state index in [1.165, 1.54) is 15.7 Å². The van der Waals surface area contributed by atoms with Crippen molar-refractivity contribution in [2.75, 3.05) is 6.54 Å². The van der Waals surface area contributed by atoms with Crippen LogP contribution in [0.4, 0.5) is 8.78 Å². The number of rotatable bonds is 3. The molecule has 1 N–H and O–H groups in total. The first kappa shape index (κ1) is 21.0. The van der Waals surface area contributed by atoms with Crippen LogP contribution in [-0.2, 0) is 17.7 Å². The Morgan fingerprint density at radius 1 is 1.28 bits per heavy atom. The molecule has 0 aromatic carbocycles. The molecule has 1 aliphatic carbocycles. The molecule has 8 nitrogen and oxygen atoms in total. The lowest BCUT2D eigenvalue weighted by Gasteiger charge is -2.42. The second-order valence-electron chi connectivity index (χ2n) is 8.13. The van der Waals surface area contributed by atoms with Gasteiger partial charge in [-0.3, -0.25) is 9.59 Å². The molecule has 1 unspecified atom stereocenters. The lowest BCUT2D eigenvalue weighted by atomic mass is 10.0. The van der Waals surface area contributed by atoms with Gasteiger partial charge in [0.25, 0.3) is 5.91 Å². The van der Waals surface area contributed by atoms with Gasteiger partial charge in [0.15, 0.2) is 22.7 Å². The van der Waals surface area contributed by atoms with Gasteiger partial charge < -0.3 is 19.3 Å². The van der Waals surface area contributed by atoms with Crippen LogP contribution in [-0.4, -0.2) is 49.6 Å². The number of amides is 1. The fraction of sp³-hybridized carbons (Fsp3) is 0.429. The summed E-state index contributed by atoms with van der Waals surface area (Å²) in [5, 5.41) is 19.4. The zero-order valence-corrected chi connectivity index (χ0v) is 18.0. The Hall–Kier alpha value is -2.92. The summed E-state index contributed by atoms with van der Waals surface area (Å²) in [6.07, 6.45) is 3.12. The summed E-state index contributed by atoms with van der Waals surface area (Å²) in [7, 11) is 0. The van der Waals surface area contributed by atoms with Crippen molar-refractivity contribution in [1.82, 2.24) is 19.7 Å². The van der Waals surface area contributed by atoms with Crippen molar-refractivity contribution in [3.05, 3.63) is 50.4 Å². The minimum absolute atomic E-state index is 0.00146. The molecule has 2 atom stereocenters. The molecular formula is C21H20F2N4O4S. The van der Waals surface area contributed by atoms with Crippen molar-refractivity contribution in [1.29, 1.82) is 0 Å². The van der Waals surface area contributed by atoms with E-state index < -0.39 is 35.0 Å². The largest absolute Gasteiger partial charge is 0.503 e. The highest BCUT2D eigenvalue weighted by molar-refractivity contribution is 7.14. The van der Waals surface area contributed by atoms with Crippen LogP contribution in [0.1, 0.15) is 41.7 Å². The molecular weight excluding hydrogens is 442 g/mol. The van der Waals surface area contributed by atoms with Crippen molar-refractivity contribution in [2.45, 2.75) is 51.5 Å². The summed E-state index contributed by atoms with van der Waals surface area (Å²) >= 11 is 1.09. The van der Waals surface area contributed by atoms with Gasteiger partial charge in [0, 0.05) is 31.7 Å². The minimum atomic E-state index is -0.717. The molecule has 0 bridgehead atoms. The molecule has 1 saturated heterocycles. The zero-order chi connectivity index (χ0) is 22.6. The Kier molecular flexibility index (Phi) is 5.17. The number of hydrogen-bond donors (Lipinski definition) is 1. The van der Waals surface area contributed by atoms with E-state index in [9.17, 15) is 23.5 Å². The normalized spacial score (nSPS) is 23.2. The van der Waals surface area contributed by atoms with Crippen LogP contribution < -0.4 is 5.43 Å². The first-order valence-electron chi connectivity index (χ1n) is 10.3. The Balaban J connectivity index is 1.48. The van der Waals surface area contributed by atoms with Crippen LogP contribution in [0.3, 0.4) is 0 Å². The van der Waals surface area contributed by atoms with Crippen LogP contribution in [0.25, 0.3) is 10.6 Å². The topological polar surface area (TPSA) is 97.5 Å². The Morgan fingerprint density at radius 3 is 2.88 bits per heavy atom. The van der Waals surface area contributed by atoms with E-state index in [0.29, 0.717) is 23.5 Å². The first-order chi connectivity index (χ1) is 15.3. The van der Waals surface area contributed by atoms with E-state index in [2.05, 4.69) is 10.2 Å². The molecule has 2 aromatic rings. The third-order valence-electron chi connectivity index (χ3n) is 5.93. The van der Waals surface area contributed by atoms with Gasteiger partial charge in [-0.05, 0) is 25.3 Å². The number of allylic oxidation sites excluding steroid dienone is 4. The second kappa shape index (κ2) is 7.89. The summed E-state index contributed by atoms with van der Waals surface area (Å²) in [6.45, 7) is 2.70. The average molecular weight is 462 g/mol. The first-order valence-corrected chi connectivity index (χ1v) is 11.1. The average Bonchev–Trinajstić information content (AvgIpc) is 3.20. The zero-order valence-electron chi connectivity index (χ0n) is 17.2. The lowest BCUT2D eigenvalue weighted by molar-refractivity contribution is -0.127. The predicted molar refractivity (Wildman–Crippen MR) is 112 cm³/mol. The van der Waals surface area contributed by atoms with Gasteiger partial charge in [0.1, 0.15) is 16.7 Å². The van der Waals surface area contributed by atoms with E-state index in [1.807, 2.05) is 6.92 Å². The maximum Gasteiger partial charge on any atom is 0.276 e. The highest BCUT2D eigenvalue weighted by atomic mass is 32.1. The quantitative estimate of drug-likeness (QED) is 0.753. The standard InChI is InChI=1S/C21H20F2N4O4S/c1-10-4-5-27-16(31-10)9-26-8-13(18(28)19(29)17(26)21(27)30)20-25-24-15(32-20)6-11-2-3-12(22)7-14(11)23/h7-8,10,16,29H,2-6,9H2,1H3/t10-,16?/m1/s1. The van der Waals surface area contributed by atoms with Crippen molar-refractivity contribution in [2.24, 2.45) is 0 Å². The predicted octanol–water partition coefficient (Wildman–Crippen LogP) is 3.08. The number of halogens is 2. The Bertz CT molecular complexity index is 1230. The molecule has 4 heterocycles. The van der Waals surface area contributed by atoms with Gasteiger partial charge in [-0.2, -0.15) is 0 Å². The number of carbonyl (C=O) groups excluding carboxylic acids is 1. The molecule has 1 amide bonds. The lowest BCUT2D eigenvalue weighted by Crippen LogP contribution is -2.54. The third-order valence-corrected chi connectivity index (χ3v) is 6.89. The van der Waals surface area contributed by atoms with Gasteiger partial charge in [0.2, 0.25) is 5.43 Å². The number of hydrogen-bond acceptors (Lipinski definition) is 7. The van der Waals surface area contributed by atoms with Crippen LogP contribution in [0.15, 0.2) is 34.3 Å². The second-order valence-corrected chi connectivity index (χ2v) is 9.19. The summed E-state index contributed by atoms with van der Waals surface area (Å²) in [6, 6.07) is 0. The van der Waals surface area contributed by atoms with Gasteiger partial charge in [0.05, 0.1) is 18.2 Å². The molecule has 3 aliphatic rings. The molecule has 2 aliphatic heterocycles. The maximum atomic E-state index is 14.0. The summed E-state index contributed by atoms with van der Waals surface area (Å²) in [4.78, 5) is 27.3. The molecule has 11 heteroatoms. The third kappa shape index (κ3) is 3.55. The van der Waals surface area contributed by atoms with Crippen molar-refractivity contribution < 1.29 is 23.4 Å². The molecule has 0 saturated carbocycles. The van der Waals surface area contributed by atoms with E-state index in [0.717, 1.165) is 17.4 Å². The molecule has 168 valence electrons. The smallest absolute Gasteiger partial charge is 0.276 e. The molecule has 2 aromatic heterocycles. The minimum Gasteiger partial charge on any atom is -0.503 e. The monoisotopic (exact) mass is 462 g/mol. The van der Waals surface area contributed by atoms with Crippen LogP contribution in [0, 0.1) is 0 Å². The van der Waals surface area contributed by atoms with Crippen LogP contribution in [0.5, 0.6) is 5.75 Å². The summed E-state index contributed by atoms with van der Waals surface area (Å²) in [5.41, 5.74) is -0.260. The molecule has 32 heavy (non-hydrogen) atoms. The van der Waals surface area contributed by atoms with Crippen molar-refractivity contribution in [3.8, 4) is 16.3 Å². The molecule has 0 radical (unpaired) electrons. The Morgan fingerprint density at radius 2 is 2.09 bits per heavy atom. The van der Waals surface area contributed by atoms with Crippen molar-refractivity contribution >= 4 is 17.2 Å². The van der Waals surface area contributed by atoms with Gasteiger partial charge in [-0.15, -0.1) is 10.2 Å². The number of nitrogens with zero attached hydrogens (tertiary/aromatic N) is 4. The SMILES string of the molecule is C[C@@H]1CCN2C(=O)c3c(O)c(=O)c(-c4nnc(CC5=C(F)C=C(F)CC5)s4)cn3CC2O1. The molecule has 5 rings (SSSR count). The number of carbonyl (C=O) groups is 1. The van der Waals surface area contributed by atoms with Gasteiger partial charge >= 0.3 is 0 Å². The van der Waals surface area contributed by atoms with Crippen LogP contribution >= 0.6 is 11.3 Å². The van der Waals surface area contributed by atoms with E-state index in [-0.39, 0.29) is 48.2 Å². The van der Waals surface area contributed by atoms with Crippen molar-refractivity contribution in [3.63, 3.8) is 0 Å². The van der Waals surface area contributed by atoms with E-state index in [1.54, 1.807) is 0 Å². The van der Waals surface area contributed by atoms with E-state index in [4.69, 9.17) is 4.74 Å². The highest BCUT2D eigenvalue weighted by Gasteiger charge is 2.39. The number of pyridine rings is 1. The van der Waals surface area contributed by atoms with Gasteiger partial charge in [-0.1, -0.05) is 11.3 Å². The van der Waals surface area contributed by atoms with E-state index >= 15 is 0 Å². The summed E-state index contributed by atoms with van der Waals surface area (Å²) in [5.74, 6) is -2.19. The maximum absolute atomic E-state index is 14.0. The molecule has 1 fully saturated rings. The highest BCUT2D eigenvalue weighted by Crippen LogP contribution is 2.33. The molecule has 0 spiro atoms. The fourth-order valence-corrected chi connectivity index (χ4v) is 5.10. The number of ether oxygens (including phenoxy) is 1. The fourth-order valence-electron chi connectivity index (χ4n) is 4.21. The van der Waals surface area contributed by atoms with Gasteiger partial charge in [-0.25, -0.2) is 8.78 Å². The Labute approximate surface area is 185 Å².